The monoisotopic (exact) mass is 259 g/mol. The third-order valence-corrected chi connectivity index (χ3v) is 2.80. The molecule has 0 saturated carbocycles. The number of carbonyl (C=O) groups excluding carboxylic acids is 3. The summed E-state index contributed by atoms with van der Waals surface area (Å²) in [7, 11) is 0. The third kappa shape index (κ3) is 2.54. The summed E-state index contributed by atoms with van der Waals surface area (Å²) in [6.45, 7) is 5.18. The third-order valence-electron chi connectivity index (χ3n) is 2.80. The van der Waals surface area contributed by atoms with Crippen LogP contribution in [-0.4, -0.2) is 24.4 Å². The molecule has 0 radical (unpaired) electrons. The van der Waals surface area contributed by atoms with Crippen molar-refractivity contribution in [1.29, 1.82) is 0 Å². The standard InChI is InChI=1S/C14H13NO4/c1-8(2)14(18)19-7-6-9-4-3-5-10-11(9)13(17)15-12(10)16/h3-5H,1,6-7H2,2H3,(H,15,16,17). The van der Waals surface area contributed by atoms with Crippen molar-refractivity contribution in [2.24, 2.45) is 0 Å². The smallest absolute Gasteiger partial charge is 0.333 e. The Labute approximate surface area is 110 Å². The zero-order chi connectivity index (χ0) is 14.0. The van der Waals surface area contributed by atoms with Gasteiger partial charge in [-0.2, -0.15) is 0 Å². The Hall–Kier alpha value is -2.43. The lowest BCUT2D eigenvalue weighted by Crippen LogP contribution is -2.20. The van der Waals surface area contributed by atoms with E-state index in [0.717, 1.165) is 0 Å². The van der Waals surface area contributed by atoms with E-state index in [9.17, 15) is 14.4 Å². The number of fused-ring (bicyclic) bond motifs is 1. The second-order valence-electron chi connectivity index (χ2n) is 4.29. The minimum atomic E-state index is -0.465. The van der Waals surface area contributed by atoms with E-state index in [1.807, 2.05) is 0 Å². The molecule has 1 aromatic carbocycles. The Morgan fingerprint density at radius 1 is 1.32 bits per heavy atom. The first kappa shape index (κ1) is 13.0. The lowest BCUT2D eigenvalue weighted by molar-refractivity contribution is -0.138. The van der Waals surface area contributed by atoms with Gasteiger partial charge < -0.3 is 4.74 Å². The van der Waals surface area contributed by atoms with Crippen LogP contribution in [-0.2, 0) is 16.0 Å². The maximum atomic E-state index is 11.6. The van der Waals surface area contributed by atoms with Gasteiger partial charge >= 0.3 is 5.97 Å². The maximum Gasteiger partial charge on any atom is 0.333 e. The van der Waals surface area contributed by atoms with Crippen molar-refractivity contribution in [2.75, 3.05) is 6.61 Å². The fourth-order valence-corrected chi connectivity index (χ4v) is 1.88. The second kappa shape index (κ2) is 5.06. The van der Waals surface area contributed by atoms with Crippen molar-refractivity contribution in [3.63, 3.8) is 0 Å². The number of rotatable bonds is 4. The van der Waals surface area contributed by atoms with Crippen LogP contribution in [0.4, 0.5) is 0 Å². The molecule has 0 aromatic heterocycles. The summed E-state index contributed by atoms with van der Waals surface area (Å²) in [5.41, 5.74) is 1.76. The quantitative estimate of drug-likeness (QED) is 0.501. The van der Waals surface area contributed by atoms with Gasteiger partial charge in [-0.1, -0.05) is 18.7 Å². The molecular weight excluding hydrogens is 246 g/mol. The largest absolute Gasteiger partial charge is 0.462 e. The SMILES string of the molecule is C=C(C)C(=O)OCCc1cccc2c1C(=O)NC2=O. The Balaban J connectivity index is 2.11. The van der Waals surface area contributed by atoms with E-state index in [0.29, 0.717) is 28.7 Å². The molecule has 0 atom stereocenters. The zero-order valence-electron chi connectivity index (χ0n) is 10.5. The Bertz CT molecular complexity index is 589. The Morgan fingerprint density at radius 3 is 2.74 bits per heavy atom. The predicted octanol–water partition coefficient (Wildman–Crippen LogP) is 1.23. The molecule has 1 aromatic rings. The van der Waals surface area contributed by atoms with E-state index in [1.165, 1.54) is 0 Å². The van der Waals surface area contributed by atoms with Crippen molar-refractivity contribution >= 4 is 17.8 Å². The fourth-order valence-electron chi connectivity index (χ4n) is 1.88. The molecule has 1 N–H and O–H groups in total. The molecule has 2 amide bonds. The molecule has 1 heterocycles. The second-order valence-corrected chi connectivity index (χ2v) is 4.29. The van der Waals surface area contributed by atoms with E-state index in [-0.39, 0.29) is 12.5 Å². The van der Waals surface area contributed by atoms with Crippen molar-refractivity contribution in [3.8, 4) is 0 Å². The molecule has 1 aliphatic heterocycles. The maximum absolute atomic E-state index is 11.6. The van der Waals surface area contributed by atoms with Crippen LogP contribution in [0.5, 0.6) is 0 Å². The highest BCUT2D eigenvalue weighted by atomic mass is 16.5. The zero-order valence-corrected chi connectivity index (χ0v) is 10.5. The predicted molar refractivity (Wildman–Crippen MR) is 67.7 cm³/mol. The summed E-state index contributed by atoms with van der Waals surface area (Å²) in [5, 5.41) is 2.24. The van der Waals surface area contributed by atoms with Crippen LogP contribution < -0.4 is 5.32 Å². The van der Waals surface area contributed by atoms with E-state index in [1.54, 1.807) is 25.1 Å². The van der Waals surface area contributed by atoms with Crippen LogP contribution in [0.1, 0.15) is 33.2 Å². The number of hydrogen-bond donors (Lipinski definition) is 1. The highest BCUT2D eigenvalue weighted by Gasteiger charge is 2.28. The highest BCUT2D eigenvalue weighted by Crippen LogP contribution is 2.20. The molecule has 0 fully saturated rings. The molecule has 19 heavy (non-hydrogen) atoms. The van der Waals surface area contributed by atoms with E-state index < -0.39 is 11.9 Å². The minimum absolute atomic E-state index is 0.142. The summed E-state index contributed by atoms with van der Waals surface area (Å²) in [6.07, 6.45) is 0.378. The molecule has 5 heteroatoms. The van der Waals surface area contributed by atoms with Crippen LogP contribution in [0.2, 0.25) is 0 Å². The summed E-state index contributed by atoms with van der Waals surface area (Å²) >= 11 is 0. The van der Waals surface area contributed by atoms with E-state index in [4.69, 9.17) is 4.74 Å². The van der Waals surface area contributed by atoms with Gasteiger partial charge in [0.1, 0.15) is 0 Å². The topological polar surface area (TPSA) is 72.5 Å². The number of nitrogens with one attached hydrogen (secondary N) is 1. The first-order valence-corrected chi connectivity index (χ1v) is 5.81. The number of amides is 2. The lowest BCUT2D eigenvalue weighted by atomic mass is 10.0. The number of carbonyl (C=O) groups is 3. The van der Waals surface area contributed by atoms with Gasteiger partial charge in [0.15, 0.2) is 0 Å². The molecule has 0 bridgehead atoms. The van der Waals surface area contributed by atoms with Gasteiger partial charge in [-0.15, -0.1) is 0 Å². The molecule has 0 spiro atoms. The molecule has 1 aliphatic rings. The Morgan fingerprint density at radius 2 is 2.05 bits per heavy atom. The van der Waals surface area contributed by atoms with Gasteiger partial charge in [-0.25, -0.2) is 4.79 Å². The highest BCUT2D eigenvalue weighted by molar-refractivity contribution is 6.22. The van der Waals surface area contributed by atoms with E-state index in [2.05, 4.69) is 11.9 Å². The fraction of sp³-hybridized carbons (Fsp3) is 0.214. The van der Waals surface area contributed by atoms with Crippen molar-refractivity contribution in [3.05, 3.63) is 47.0 Å². The summed E-state index contributed by atoms with van der Waals surface area (Å²) in [4.78, 5) is 34.3. The van der Waals surface area contributed by atoms with Gasteiger partial charge in [-0.05, 0) is 18.6 Å². The molecule has 2 rings (SSSR count). The lowest BCUT2D eigenvalue weighted by Gasteiger charge is -2.07. The molecule has 5 nitrogen and oxygen atoms in total. The van der Waals surface area contributed by atoms with Crippen molar-refractivity contribution in [1.82, 2.24) is 5.32 Å². The number of benzene rings is 1. The summed E-state index contributed by atoms with van der Waals surface area (Å²) < 4.78 is 4.97. The number of imide groups is 1. The van der Waals surface area contributed by atoms with Crippen LogP contribution in [0, 0.1) is 0 Å². The van der Waals surface area contributed by atoms with Gasteiger partial charge in [0, 0.05) is 12.0 Å². The van der Waals surface area contributed by atoms with Crippen molar-refractivity contribution < 1.29 is 19.1 Å². The number of esters is 1. The average Bonchev–Trinajstić information content (AvgIpc) is 2.65. The van der Waals surface area contributed by atoms with Gasteiger partial charge in [0.25, 0.3) is 11.8 Å². The molecule has 0 saturated heterocycles. The normalized spacial score (nSPS) is 12.9. The molecule has 98 valence electrons. The van der Waals surface area contributed by atoms with Crippen LogP contribution in [0.25, 0.3) is 0 Å². The first-order valence-electron chi connectivity index (χ1n) is 5.81. The first-order chi connectivity index (χ1) is 9.00. The summed E-state index contributed by atoms with van der Waals surface area (Å²) in [6, 6.07) is 5.04. The number of ether oxygens (including phenoxy) is 1. The van der Waals surface area contributed by atoms with Gasteiger partial charge in [0.05, 0.1) is 17.7 Å². The Kier molecular flexibility index (Phi) is 3.46. The van der Waals surface area contributed by atoms with Gasteiger partial charge in [-0.3, -0.25) is 14.9 Å². The molecular formula is C14H13NO4. The van der Waals surface area contributed by atoms with E-state index >= 15 is 0 Å². The minimum Gasteiger partial charge on any atom is -0.462 e. The van der Waals surface area contributed by atoms with Crippen LogP contribution in [0.15, 0.2) is 30.4 Å². The number of hydrogen-bond acceptors (Lipinski definition) is 4. The molecule has 0 unspecified atom stereocenters. The van der Waals surface area contributed by atoms with Crippen molar-refractivity contribution in [2.45, 2.75) is 13.3 Å². The van der Waals surface area contributed by atoms with Crippen LogP contribution >= 0.6 is 0 Å². The van der Waals surface area contributed by atoms with Gasteiger partial charge in [0.2, 0.25) is 0 Å². The summed E-state index contributed by atoms with van der Waals surface area (Å²) in [5.74, 6) is -1.25. The average molecular weight is 259 g/mol. The van der Waals surface area contributed by atoms with Crippen LogP contribution in [0.3, 0.4) is 0 Å². The molecule has 0 aliphatic carbocycles.